The molecule has 0 spiro atoms. The molecule has 1 atom stereocenters. The van der Waals surface area contributed by atoms with Gasteiger partial charge in [-0.1, -0.05) is 67.6 Å². The molecule has 0 aliphatic heterocycles. The Balaban J connectivity index is 2.09. The molecule has 0 aromatic heterocycles. The summed E-state index contributed by atoms with van der Waals surface area (Å²) in [7, 11) is -3.86. The van der Waals surface area contributed by atoms with Crippen LogP contribution < -0.4 is 9.62 Å². The van der Waals surface area contributed by atoms with E-state index in [9.17, 15) is 22.4 Å². The molecule has 0 heterocycles. The van der Waals surface area contributed by atoms with Crippen LogP contribution in [0, 0.1) is 5.82 Å². The number of amides is 2. The van der Waals surface area contributed by atoms with Crippen LogP contribution in [-0.4, -0.2) is 49.5 Å². The SMILES string of the molecule is CCc1ccccc1N(CC(=O)N(Cc1ccc(F)cc1)[C@H](Cc1ccccc1)C(=O)NC(C)(C)C)S(C)(=O)=O. The molecule has 7 nitrogen and oxygen atoms in total. The van der Waals surface area contributed by atoms with Gasteiger partial charge in [-0.3, -0.25) is 13.9 Å². The van der Waals surface area contributed by atoms with Crippen LogP contribution in [0.1, 0.15) is 44.4 Å². The van der Waals surface area contributed by atoms with Crippen molar-refractivity contribution in [3.05, 3.63) is 101 Å². The van der Waals surface area contributed by atoms with Crippen molar-refractivity contribution in [1.29, 1.82) is 0 Å². The maximum Gasteiger partial charge on any atom is 0.244 e. The van der Waals surface area contributed by atoms with Gasteiger partial charge in [-0.05, 0) is 62.1 Å². The summed E-state index contributed by atoms with van der Waals surface area (Å²) in [6.07, 6.45) is 1.84. The number of halogens is 1. The van der Waals surface area contributed by atoms with Gasteiger partial charge in [0.25, 0.3) is 0 Å². The predicted molar refractivity (Wildman–Crippen MR) is 157 cm³/mol. The highest BCUT2D eigenvalue weighted by Gasteiger charge is 2.34. The second kappa shape index (κ2) is 13.1. The number of nitrogens with one attached hydrogen (secondary N) is 1. The smallest absolute Gasteiger partial charge is 0.244 e. The van der Waals surface area contributed by atoms with E-state index >= 15 is 0 Å². The van der Waals surface area contributed by atoms with E-state index in [1.165, 1.54) is 17.0 Å². The number of anilines is 1. The number of carbonyl (C=O) groups is 2. The first-order valence-electron chi connectivity index (χ1n) is 13.2. The van der Waals surface area contributed by atoms with Gasteiger partial charge in [0.15, 0.2) is 0 Å². The molecule has 214 valence electrons. The number of hydrogen-bond acceptors (Lipinski definition) is 4. The van der Waals surface area contributed by atoms with Gasteiger partial charge in [0.2, 0.25) is 21.8 Å². The summed E-state index contributed by atoms with van der Waals surface area (Å²) in [5.74, 6) is -1.34. The van der Waals surface area contributed by atoms with Crippen LogP contribution in [-0.2, 0) is 39.0 Å². The van der Waals surface area contributed by atoms with Crippen molar-refractivity contribution in [2.45, 2.75) is 58.7 Å². The lowest BCUT2D eigenvalue weighted by molar-refractivity contribution is -0.140. The largest absolute Gasteiger partial charge is 0.350 e. The topological polar surface area (TPSA) is 86.8 Å². The molecule has 0 unspecified atom stereocenters. The Morgan fingerprint density at radius 3 is 2.08 bits per heavy atom. The van der Waals surface area contributed by atoms with E-state index in [2.05, 4.69) is 5.32 Å². The minimum atomic E-state index is -3.86. The molecule has 0 radical (unpaired) electrons. The molecule has 0 fully saturated rings. The number of sulfonamides is 1. The second-order valence-electron chi connectivity index (χ2n) is 10.8. The highest BCUT2D eigenvalue weighted by atomic mass is 32.2. The fourth-order valence-corrected chi connectivity index (χ4v) is 5.32. The monoisotopic (exact) mass is 567 g/mol. The fraction of sp³-hybridized carbons (Fsp3) is 0.355. The average molecular weight is 568 g/mol. The van der Waals surface area contributed by atoms with Crippen LogP contribution in [0.15, 0.2) is 78.9 Å². The van der Waals surface area contributed by atoms with Crippen LogP contribution in [0.5, 0.6) is 0 Å². The summed E-state index contributed by atoms with van der Waals surface area (Å²) in [4.78, 5) is 29.2. The Hall–Kier alpha value is -3.72. The average Bonchev–Trinajstić information content (AvgIpc) is 2.89. The maximum atomic E-state index is 14.1. The van der Waals surface area contributed by atoms with Crippen LogP contribution in [0.25, 0.3) is 0 Å². The second-order valence-corrected chi connectivity index (χ2v) is 12.8. The highest BCUT2D eigenvalue weighted by molar-refractivity contribution is 7.92. The zero-order valence-electron chi connectivity index (χ0n) is 23.7. The van der Waals surface area contributed by atoms with Gasteiger partial charge in [0.05, 0.1) is 11.9 Å². The Morgan fingerprint density at radius 1 is 0.900 bits per heavy atom. The number of benzene rings is 3. The van der Waals surface area contributed by atoms with E-state index in [0.29, 0.717) is 17.7 Å². The number of rotatable bonds is 11. The summed E-state index contributed by atoms with van der Waals surface area (Å²) in [6.45, 7) is 6.96. The predicted octanol–water partition coefficient (Wildman–Crippen LogP) is 4.71. The van der Waals surface area contributed by atoms with E-state index in [4.69, 9.17) is 0 Å². The first-order chi connectivity index (χ1) is 18.8. The molecule has 3 rings (SSSR count). The molecule has 0 saturated heterocycles. The molecular weight excluding hydrogens is 529 g/mol. The maximum absolute atomic E-state index is 14.1. The third kappa shape index (κ3) is 8.64. The molecule has 0 aliphatic carbocycles. The van der Waals surface area contributed by atoms with Crippen LogP contribution in [0.2, 0.25) is 0 Å². The summed E-state index contributed by atoms with van der Waals surface area (Å²) in [6, 6.07) is 21.1. The van der Waals surface area contributed by atoms with Crippen molar-refractivity contribution in [3.63, 3.8) is 0 Å². The zero-order valence-corrected chi connectivity index (χ0v) is 24.5. The number of nitrogens with zero attached hydrogens (tertiary/aromatic N) is 2. The van der Waals surface area contributed by atoms with E-state index in [-0.39, 0.29) is 18.9 Å². The van der Waals surface area contributed by atoms with Crippen molar-refractivity contribution in [2.24, 2.45) is 0 Å². The van der Waals surface area contributed by atoms with E-state index in [0.717, 1.165) is 21.7 Å². The normalized spacial score (nSPS) is 12.4. The Bertz CT molecular complexity index is 1400. The summed E-state index contributed by atoms with van der Waals surface area (Å²) in [5.41, 5.74) is 2.06. The Morgan fingerprint density at radius 2 is 1.50 bits per heavy atom. The van der Waals surface area contributed by atoms with Crippen molar-refractivity contribution in [3.8, 4) is 0 Å². The van der Waals surface area contributed by atoms with Gasteiger partial charge in [-0.25, -0.2) is 12.8 Å². The number of para-hydroxylation sites is 1. The van der Waals surface area contributed by atoms with Gasteiger partial charge in [-0.2, -0.15) is 0 Å². The molecule has 2 amide bonds. The molecule has 0 bridgehead atoms. The lowest BCUT2D eigenvalue weighted by atomic mass is 10.0. The number of aryl methyl sites for hydroxylation is 1. The molecule has 3 aromatic rings. The zero-order chi connectivity index (χ0) is 29.5. The van der Waals surface area contributed by atoms with Gasteiger partial charge < -0.3 is 10.2 Å². The first-order valence-corrected chi connectivity index (χ1v) is 15.1. The standard InChI is InChI=1S/C31H38FN3O4S/c1-6-25-14-10-11-15-27(25)35(40(5,38)39)22-29(36)34(21-24-16-18-26(32)19-17-24)28(30(37)33-31(2,3)4)20-23-12-8-7-9-13-23/h7-19,28H,6,20-22H2,1-5H3,(H,33,37)/t28-/m1/s1. The fourth-order valence-electron chi connectivity index (χ4n) is 4.44. The Kier molecular flexibility index (Phi) is 10.1. The molecule has 9 heteroatoms. The third-order valence-electron chi connectivity index (χ3n) is 6.36. The summed E-state index contributed by atoms with van der Waals surface area (Å²) < 4.78 is 40.7. The van der Waals surface area contributed by atoms with Crippen molar-refractivity contribution in [1.82, 2.24) is 10.2 Å². The third-order valence-corrected chi connectivity index (χ3v) is 7.48. The minimum absolute atomic E-state index is 0.0127. The van der Waals surface area contributed by atoms with Crippen molar-refractivity contribution in [2.75, 3.05) is 17.1 Å². The van der Waals surface area contributed by atoms with E-state index in [1.54, 1.807) is 24.3 Å². The molecule has 0 aliphatic rings. The molecule has 0 saturated carbocycles. The summed E-state index contributed by atoms with van der Waals surface area (Å²) >= 11 is 0. The van der Waals surface area contributed by atoms with Crippen molar-refractivity contribution >= 4 is 27.5 Å². The lowest BCUT2D eigenvalue weighted by Gasteiger charge is -2.35. The molecular formula is C31H38FN3O4S. The molecule has 40 heavy (non-hydrogen) atoms. The van der Waals surface area contributed by atoms with Crippen LogP contribution in [0.3, 0.4) is 0 Å². The van der Waals surface area contributed by atoms with Gasteiger partial charge in [0.1, 0.15) is 18.4 Å². The minimum Gasteiger partial charge on any atom is -0.350 e. The van der Waals surface area contributed by atoms with E-state index in [1.807, 2.05) is 70.2 Å². The van der Waals surface area contributed by atoms with E-state index < -0.39 is 39.9 Å². The van der Waals surface area contributed by atoms with Gasteiger partial charge in [-0.15, -0.1) is 0 Å². The van der Waals surface area contributed by atoms with Gasteiger partial charge in [0, 0.05) is 18.5 Å². The van der Waals surface area contributed by atoms with Crippen LogP contribution >= 0.6 is 0 Å². The van der Waals surface area contributed by atoms with Crippen molar-refractivity contribution < 1.29 is 22.4 Å². The van der Waals surface area contributed by atoms with Crippen LogP contribution in [0.4, 0.5) is 10.1 Å². The number of carbonyl (C=O) groups excluding carboxylic acids is 2. The quantitative estimate of drug-likeness (QED) is 0.364. The molecule has 1 N–H and O–H groups in total. The van der Waals surface area contributed by atoms with Gasteiger partial charge >= 0.3 is 0 Å². The number of hydrogen-bond donors (Lipinski definition) is 1. The molecule has 3 aromatic carbocycles. The first kappa shape index (κ1) is 30.8. The highest BCUT2D eigenvalue weighted by Crippen LogP contribution is 2.25. The Labute approximate surface area is 237 Å². The summed E-state index contributed by atoms with van der Waals surface area (Å²) in [5, 5.41) is 2.98. The lowest BCUT2D eigenvalue weighted by Crippen LogP contribution is -2.56.